The maximum absolute atomic E-state index is 8.63. The van der Waals surface area contributed by atoms with E-state index in [1.807, 2.05) is 0 Å². The van der Waals surface area contributed by atoms with Crippen molar-refractivity contribution in [2.45, 2.75) is 0 Å². The minimum Gasteiger partial charge on any atom is -0.726 e. The van der Waals surface area contributed by atoms with Crippen LogP contribution in [0.25, 0.3) is 0 Å². The van der Waals surface area contributed by atoms with Crippen LogP contribution in [0.3, 0.4) is 0 Å². The molecule has 0 radical (unpaired) electrons. The Morgan fingerprint density at radius 1 is 0.429 bits per heavy atom. The molecule has 0 rings (SSSR count). The Balaban J connectivity index is -0.0000000533. The molecule has 0 heterocycles. The van der Waals surface area contributed by atoms with Gasteiger partial charge in [-0.2, -0.15) is 0 Å². The number of hydrogen-bond donors (Lipinski definition) is 4. The SMILES string of the molecule is O=S(=O)([O-])O.O=S(=O)([O-])O.O=S(=O)([O-])O.O=S(=O)([O-])O.[Sn+4]. The summed E-state index contributed by atoms with van der Waals surface area (Å²) in [6, 6.07) is 0. The summed E-state index contributed by atoms with van der Waals surface area (Å²) in [6.07, 6.45) is 0. The van der Waals surface area contributed by atoms with Crippen LogP contribution in [0.15, 0.2) is 0 Å². The van der Waals surface area contributed by atoms with Crippen LogP contribution in [0.4, 0.5) is 0 Å². The Hall–Kier alpha value is 0.279. The molecule has 0 atom stereocenters. The maximum Gasteiger partial charge on any atom is 4.00 e. The second kappa shape index (κ2) is 12.8. The van der Waals surface area contributed by atoms with Gasteiger partial charge < -0.3 is 18.2 Å². The summed E-state index contributed by atoms with van der Waals surface area (Å²) in [7, 11) is -19.7. The van der Waals surface area contributed by atoms with Crippen molar-refractivity contribution in [1.82, 2.24) is 0 Å². The summed E-state index contributed by atoms with van der Waals surface area (Å²) in [5, 5.41) is 0. The van der Waals surface area contributed by atoms with Gasteiger partial charge in [0.05, 0.1) is 0 Å². The van der Waals surface area contributed by atoms with Crippen LogP contribution >= 0.6 is 0 Å². The van der Waals surface area contributed by atoms with Gasteiger partial charge in [0, 0.05) is 0 Å². The molecule has 0 aliphatic heterocycles. The molecule has 0 spiro atoms. The van der Waals surface area contributed by atoms with Crippen molar-refractivity contribution in [2.24, 2.45) is 0 Å². The Morgan fingerprint density at radius 2 is 0.429 bits per heavy atom. The molecular weight excluding hydrogens is 503 g/mol. The summed E-state index contributed by atoms with van der Waals surface area (Å²) >= 11 is 0. The van der Waals surface area contributed by atoms with Gasteiger partial charge >= 0.3 is 23.9 Å². The molecule has 128 valence electrons. The van der Waals surface area contributed by atoms with Gasteiger partial charge in [-0.15, -0.1) is 0 Å². The first-order valence-electron chi connectivity index (χ1n) is 2.73. The molecule has 16 nitrogen and oxygen atoms in total. The Labute approximate surface area is 135 Å². The van der Waals surface area contributed by atoms with Crippen LogP contribution in [-0.2, 0) is 41.6 Å². The standard InChI is InChI=1S/4H2O4S.Sn/c4*1-5(2,3)4;/h4*(H2,1,2,3,4);/q;;;;+4/p-4. The van der Waals surface area contributed by atoms with Crippen LogP contribution in [-0.4, -0.2) is 94.0 Å². The molecule has 0 fully saturated rings. The van der Waals surface area contributed by atoms with Crippen molar-refractivity contribution < 1.29 is 70.1 Å². The van der Waals surface area contributed by atoms with Gasteiger partial charge in [-0.25, -0.2) is 33.7 Å². The van der Waals surface area contributed by atoms with E-state index in [9.17, 15) is 0 Å². The molecule has 0 bridgehead atoms. The molecule has 0 saturated heterocycles. The van der Waals surface area contributed by atoms with E-state index in [0.29, 0.717) is 0 Å². The molecular formula is H4O16S4Sn. The summed E-state index contributed by atoms with van der Waals surface area (Å²) in [5.74, 6) is 0. The zero-order valence-electron chi connectivity index (χ0n) is 8.82. The molecule has 0 saturated carbocycles. The minimum absolute atomic E-state index is 0. The molecule has 21 heteroatoms. The van der Waals surface area contributed by atoms with Gasteiger partial charge in [-0.1, -0.05) is 0 Å². The fourth-order valence-electron chi connectivity index (χ4n) is 0. The third kappa shape index (κ3) is 87200. The van der Waals surface area contributed by atoms with Crippen LogP contribution < -0.4 is 0 Å². The van der Waals surface area contributed by atoms with E-state index in [-0.39, 0.29) is 23.9 Å². The summed E-state index contributed by atoms with van der Waals surface area (Å²) in [5.41, 5.74) is 0. The first-order valence-corrected chi connectivity index (χ1v) is 8.19. The van der Waals surface area contributed by atoms with E-state index in [0.717, 1.165) is 0 Å². The average molecular weight is 507 g/mol. The van der Waals surface area contributed by atoms with E-state index < -0.39 is 41.6 Å². The number of hydrogen-bond acceptors (Lipinski definition) is 12. The van der Waals surface area contributed by atoms with Gasteiger partial charge in [-0.05, 0) is 0 Å². The van der Waals surface area contributed by atoms with Crippen molar-refractivity contribution in [2.75, 3.05) is 0 Å². The summed E-state index contributed by atoms with van der Waals surface area (Å²) in [6.45, 7) is 0. The predicted molar refractivity (Wildman–Crippen MR) is 55.1 cm³/mol. The molecule has 4 N–H and O–H groups in total. The van der Waals surface area contributed by atoms with E-state index in [4.69, 9.17) is 70.1 Å². The van der Waals surface area contributed by atoms with E-state index in [2.05, 4.69) is 0 Å². The normalized spacial score (nSPS) is 11.0. The molecule has 21 heavy (non-hydrogen) atoms. The zero-order chi connectivity index (χ0) is 18.0. The fourth-order valence-corrected chi connectivity index (χ4v) is 0. The molecule has 0 aromatic carbocycles. The van der Waals surface area contributed by atoms with Crippen molar-refractivity contribution in [3.63, 3.8) is 0 Å². The molecule has 0 amide bonds. The molecule has 0 unspecified atom stereocenters. The zero-order valence-corrected chi connectivity index (χ0v) is 14.9. The van der Waals surface area contributed by atoms with E-state index in [1.165, 1.54) is 0 Å². The maximum atomic E-state index is 8.63. The Bertz CT molecular complexity index is 473. The van der Waals surface area contributed by atoms with Gasteiger partial charge in [0.1, 0.15) is 0 Å². The smallest absolute Gasteiger partial charge is 0.726 e. The van der Waals surface area contributed by atoms with Crippen LogP contribution in [0, 0.1) is 0 Å². The summed E-state index contributed by atoms with van der Waals surface area (Å²) in [4.78, 5) is 0. The minimum atomic E-state index is -4.92. The number of rotatable bonds is 0. The van der Waals surface area contributed by atoms with Gasteiger partial charge in [0.2, 0.25) is 41.6 Å². The first kappa shape index (κ1) is 33.0. The topological polar surface area (TPSA) is 310 Å². The largest absolute Gasteiger partial charge is 4.00 e. The summed E-state index contributed by atoms with van der Waals surface area (Å²) < 4.78 is 131. The molecule has 0 aliphatic carbocycles. The van der Waals surface area contributed by atoms with Gasteiger partial charge in [0.25, 0.3) is 0 Å². The molecule has 0 aromatic rings. The van der Waals surface area contributed by atoms with Gasteiger partial charge in [0.15, 0.2) is 0 Å². The van der Waals surface area contributed by atoms with E-state index in [1.54, 1.807) is 0 Å². The van der Waals surface area contributed by atoms with Crippen molar-refractivity contribution in [3.05, 3.63) is 0 Å². The average Bonchev–Trinajstić information content (AvgIpc) is 1.62. The van der Waals surface area contributed by atoms with Crippen molar-refractivity contribution in [3.8, 4) is 0 Å². The van der Waals surface area contributed by atoms with Crippen LogP contribution in [0.2, 0.25) is 0 Å². The van der Waals surface area contributed by atoms with Gasteiger partial charge in [-0.3, -0.25) is 18.2 Å². The predicted octanol–water partition coefficient (Wildman–Crippen LogP) is -4.36. The fraction of sp³-hybridized carbons (Fsp3) is 0. The van der Waals surface area contributed by atoms with Crippen LogP contribution in [0.5, 0.6) is 0 Å². The second-order valence-electron chi connectivity index (χ2n) is 1.71. The third-order valence-corrected chi connectivity index (χ3v) is 0. The Morgan fingerprint density at radius 3 is 0.429 bits per heavy atom. The quantitative estimate of drug-likeness (QED) is 0.137. The molecule has 0 aromatic heterocycles. The monoisotopic (exact) mass is 508 g/mol. The van der Waals surface area contributed by atoms with Crippen molar-refractivity contribution in [1.29, 1.82) is 0 Å². The molecule has 0 aliphatic rings. The third-order valence-electron chi connectivity index (χ3n) is 0. The second-order valence-corrected chi connectivity index (χ2v) is 5.13. The first-order chi connectivity index (χ1) is 8.00. The van der Waals surface area contributed by atoms with E-state index >= 15 is 0 Å². The Kier molecular flexibility index (Phi) is 20.1. The van der Waals surface area contributed by atoms with Crippen LogP contribution in [0.1, 0.15) is 0 Å². The van der Waals surface area contributed by atoms with Crippen molar-refractivity contribution >= 4 is 65.5 Å².